The Morgan fingerprint density at radius 1 is 1.39 bits per heavy atom. The van der Waals surface area contributed by atoms with Crippen molar-refractivity contribution in [2.75, 3.05) is 0 Å². The monoisotopic (exact) mass is 266 g/mol. The van der Waals surface area contributed by atoms with E-state index in [1.54, 1.807) is 31.2 Å². The van der Waals surface area contributed by atoms with E-state index in [0.29, 0.717) is 5.69 Å². The molecule has 0 bridgehead atoms. The van der Waals surface area contributed by atoms with Crippen molar-refractivity contribution in [3.8, 4) is 5.69 Å². The van der Waals surface area contributed by atoms with Gasteiger partial charge in [-0.3, -0.25) is 14.1 Å². The third-order valence-corrected chi connectivity index (χ3v) is 2.82. The summed E-state index contributed by atoms with van der Waals surface area (Å²) in [5.41, 5.74) is 2.19. The van der Waals surface area contributed by atoms with Crippen molar-refractivity contribution in [2.24, 2.45) is 0 Å². The van der Waals surface area contributed by atoms with Crippen molar-refractivity contribution in [2.45, 2.75) is 13.5 Å². The zero-order chi connectivity index (χ0) is 13.1. The number of rotatable bonds is 4. The maximum absolute atomic E-state index is 11.6. The molecule has 0 amide bonds. The maximum Gasteiger partial charge on any atom is 0.271 e. The Morgan fingerprint density at radius 2 is 2.06 bits per heavy atom. The first-order valence-electron chi connectivity index (χ1n) is 5.27. The van der Waals surface area contributed by atoms with Gasteiger partial charge in [0, 0.05) is 29.6 Å². The molecule has 0 aliphatic carbocycles. The summed E-state index contributed by atoms with van der Waals surface area (Å²) in [4.78, 5) is 11.6. The van der Waals surface area contributed by atoms with Crippen LogP contribution >= 0.6 is 0 Å². The third kappa shape index (κ3) is 2.95. The molecule has 1 heterocycles. The average Bonchev–Trinajstić information content (AvgIpc) is 2.66. The van der Waals surface area contributed by atoms with Crippen molar-refractivity contribution < 1.29 is 8.76 Å². The van der Waals surface area contributed by atoms with Gasteiger partial charge in [0.05, 0.1) is 5.69 Å². The lowest BCUT2D eigenvalue weighted by molar-refractivity contribution is 0.522. The number of hydrogen-bond donors (Lipinski definition) is 2. The highest BCUT2D eigenvalue weighted by Crippen LogP contribution is 2.07. The number of hydrogen-bond acceptors (Lipinski definition) is 3. The molecule has 1 unspecified atom stereocenters. The fraction of sp³-hybridized carbons (Fsp3) is 0.182. The lowest BCUT2D eigenvalue weighted by Gasteiger charge is -2.08. The number of H-pyrrole nitrogens is 1. The average molecular weight is 266 g/mol. The normalized spacial score (nSPS) is 12.6. The summed E-state index contributed by atoms with van der Waals surface area (Å²) >= 11 is -2.27. The van der Waals surface area contributed by atoms with Gasteiger partial charge in [-0.15, -0.1) is 0 Å². The van der Waals surface area contributed by atoms with Crippen molar-refractivity contribution in [1.29, 1.82) is 0 Å². The molecule has 0 radical (unpaired) electrons. The standard InChI is InChI=1S/C11H13N3O3S/c1-8-6-11(15)14(13-8)10-4-2-9(3-5-10)7-12-18(16)17/h2-6,12-13H,7H2,1H3,(H,16,17)/p-1. The van der Waals surface area contributed by atoms with Crippen molar-refractivity contribution in [3.05, 3.63) is 51.9 Å². The number of nitrogens with zero attached hydrogens (tertiary/aromatic N) is 1. The molecule has 2 aromatic rings. The van der Waals surface area contributed by atoms with Gasteiger partial charge in [0.1, 0.15) is 0 Å². The van der Waals surface area contributed by atoms with Crippen LogP contribution in [-0.4, -0.2) is 18.5 Å². The van der Waals surface area contributed by atoms with Crippen LogP contribution in [0.15, 0.2) is 35.1 Å². The Hall–Kier alpha value is -1.70. The summed E-state index contributed by atoms with van der Waals surface area (Å²) in [6, 6.07) is 8.54. The van der Waals surface area contributed by atoms with Crippen LogP contribution in [0.1, 0.15) is 11.3 Å². The van der Waals surface area contributed by atoms with Crippen LogP contribution < -0.4 is 10.3 Å². The molecule has 0 saturated carbocycles. The summed E-state index contributed by atoms with van der Waals surface area (Å²) in [5.74, 6) is 0. The molecule has 96 valence electrons. The Bertz CT molecular complexity index is 615. The SMILES string of the molecule is Cc1cc(=O)n(-c2ccc(CNS(=O)[O-])cc2)[nH]1. The Kier molecular flexibility index (Phi) is 3.75. The van der Waals surface area contributed by atoms with E-state index in [0.717, 1.165) is 11.3 Å². The van der Waals surface area contributed by atoms with Gasteiger partial charge < -0.3 is 4.55 Å². The van der Waals surface area contributed by atoms with Gasteiger partial charge in [0.2, 0.25) is 0 Å². The molecule has 6 nitrogen and oxygen atoms in total. The number of benzene rings is 1. The van der Waals surface area contributed by atoms with E-state index < -0.39 is 11.3 Å². The minimum absolute atomic E-state index is 0.126. The Morgan fingerprint density at radius 3 is 2.56 bits per heavy atom. The fourth-order valence-electron chi connectivity index (χ4n) is 1.61. The van der Waals surface area contributed by atoms with Crippen LogP contribution in [-0.2, 0) is 17.8 Å². The van der Waals surface area contributed by atoms with Crippen molar-refractivity contribution in [3.63, 3.8) is 0 Å². The highest BCUT2D eigenvalue weighted by molar-refractivity contribution is 7.77. The van der Waals surface area contributed by atoms with Crippen LogP contribution in [0.5, 0.6) is 0 Å². The van der Waals surface area contributed by atoms with E-state index in [9.17, 15) is 13.6 Å². The van der Waals surface area contributed by atoms with Gasteiger partial charge in [-0.25, -0.2) is 9.40 Å². The topological polar surface area (TPSA) is 89.9 Å². The number of aromatic nitrogens is 2. The van der Waals surface area contributed by atoms with Crippen LogP contribution in [0, 0.1) is 6.92 Å². The summed E-state index contributed by atoms with van der Waals surface area (Å²) < 4.78 is 24.4. The van der Waals surface area contributed by atoms with E-state index in [-0.39, 0.29) is 12.1 Å². The van der Waals surface area contributed by atoms with Crippen LogP contribution in [0.3, 0.4) is 0 Å². The van der Waals surface area contributed by atoms with Crippen LogP contribution in [0.4, 0.5) is 0 Å². The molecule has 18 heavy (non-hydrogen) atoms. The minimum Gasteiger partial charge on any atom is -0.760 e. The molecular weight excluding hydrogens is 254 g/mol. The lowest BCUT2D eigenvalue weighted by Crippen LogP contribution is -2.16. The van der Waals surface area contributed by atoms with E-state index >= 15 is 0 Å². The predicted molar refractivity (Wildman–Crippen MR) is 66.9 cm³/mol. The summed E-state index contributed by atoms with van der Waals surface area (Å²) in [6.45, 7) is 2.04. The number of nitrogens with one attached hydrogen (secondary N) is 2. The van der Waals surface area contributed by atoms with Crippen molar-refractivity contribution >= 4 is 11.3 Å². The first kappa shape index (κ1) is 12.7. The molecule has 0 spiro atoms. The van der Waals surface area contributed by atoms with E-state index in [1.807, 2.05) is 0 Å². The molecule has 1 aromatic carbocycles. The number of aromatic amines is 1. The van der Waals surface area contributed by atoms with Gasteiger partial charge in [0.15, 0.2) is 0 Å². The Balaban J connectivity index is 2.20. The molecule has 0 saturated heterocycles. The number of aryl methyl sites for hydroxylation is 1. The van der Waals surface area contributed by atoms with Crippen molar-refractivity contribution in [1.82, 2.24) is 14.5 Å². The molecule has 2 N–H and O–H groups in total. The highest BCUT2D eigenvalue weighted by atomic mass is 32.2. The summed E-state index contributed by atoms with van der Waals surface area (Å²) in [6.07, 6.45) is 0. The fourth-order valence-corrected chi connectivity index (χ4v) is 1.89. The smallest absolute Gasteiger partial charge is 0.271 e. The predicted octanol–water partition coefficient (Wildman–Crippen LogP) is 0.358. The van der Waals surface area contributed by atoms with Gasteiger partial charge >= 0.3 is 0 Å². The zero-order valence-electron chi connectivity index (χ0n) is 9.67. The largest absolute Gasteiger partial charge is 0.760 e. The minimum atomic E-state index is -2.27. The molecule has 2 rings (SSSR count). The first-order chi connectivity index (χ1) is 8.56. The van der Waals surface area contributed by atoms with E-state index in [1.165, 1.54) is 10.7 Å². The molecule has 0 aliphatic heterocycles. The highest BCUT2D eigenvalue weighted by Gasteiger charge is 2.02. The van der Waals surface area contributed by atoms with Gasteiger partial charge in [-0.05, 0) is 24.6 Å². The molecular formula is C11H12N3O3S-. The van der Waals surface area contributed by atoms with Gasteiger partial charge in [-0.1, -0.05) is 12.1 Å². The third-order valence-electron chi connectivity index (χ3n) is 2.44. The van der Waals surface area contributed by atoms with Gasteiger partial charge in [-0.2, -0.15) is 0 Å². The van der Waals surface area contributed by atoms with E-state index in [2.05, 4.69) is 9.82 Å². The molecule has 1 atom stereocenters. The lowest BCUT2D eigenvalue weighted by atomic mass is 10.2. The van der Waals surface area contributed by atoms with Crippen LogP contribution in [0.2, 0.25) is 0 Å². The summed E-state index contributed by atoms with van der Waals surface area (Å²) in [7, 11) is 0. The first-order valence-corrected chi connectivity index (χ1v) is 6.34. The van der Waals surface area contributed by atoms with E-state index in [4.69, 9.17) is 0 Å². The molecule has 1 aromatic heterocycles. The quantitative estimate of drug-likeness (QED) is 0.783. The molecule has 0 aliphatic rings. The summed E-state index contributed by atoms with van der Waals surface area (Å²) in [5, 5.41) is 2.92. The second-order valence-electron chi connectivity index (χ2n) is 3.84. The van der Waals surface area contributed by atoms with Crippen LogP contribution in [0.25, 0.3) is 5.69 Å². The molecule has 0 fully saturated rings. The Labute approximate surface area is 106 Å². The van der Waals surface area contributed by atoms with Gasteiger partial charge in [0.25, 0.3) is 5.56 Å². The second-order valence-corrected chi connectivity index (χ2v) is 4.59. The maximum atomic E-state index is 11.6. The zero-order valence-corrected chi connectivity index (χ0v) is 10.5. The second kappa shape index (κ2) is 5.30. The molecule has 7 heteroatoms.